The molecule has 3 rings (SSSR count). The van der Waals surface area contributed by atoms with Crippen molar-refractivity contribution < 1.29 is 13.7 Å². The van der Waals surface area contributed by atoms with Crippen molar-refractivity contribution in [2.45, 2.75) is 18.5 Å². The molecule has 0 bridgehead atoms. The van der Waals surface area contributed by atoms with Gasteiger partial charge in [0.1, 0.15) is 18.3 Å². The molecule has 0 amide bonds. The second kappa shape index (κ2) is 6.00. The summed E-state index contributed by atoms with van der Waals surface area (Å²) < 4.78 is 24.0. The van der Waals surface area contributed by atoms with Crippen molar-refractivity contribution in [3.63, 3.8) is 0 Å². The molecule has 1 aliphatic heterocycles. The summed E-state index contributed by atoms with van der Waals surface area (Å²) in [4.78, 5) is 0. The van der Waals surface area contributed by atoms with E-state index in [-0.39, 0.29) is 23.5 Å². The van der Waals surface area contributed by atoms with Crippen molar-refractivity contribution in [2.24, 2.45) is 0 Å². The van der Waals surface area contributed by atoms with Crippen LogP contribution in [0, 0.1) is 0 Å². The van der Waals surface area contributed by atoms with E-state index in [0.717, 1.165) is 12.1 Å². The fourth-order valence-electron chi connectivity index (χ4n) is 3.05. The van der Waals surface area contributed by atoms with Gasteiger partial charge < -0.3 is 5.32 Å². The predicted octanol–water partition coefficient (Wildman–Crippen LogP) is 1.33. The van der Waals surface area contributed by atoms with Crippen LogP contribution >= 0.6 is 0 Å². The first-order chi connectivity index (χ1) is 10.1. The lowest BCUT2D eigenvalue weighted by molar-refractivity contribution is -0.701. The highest BCUT2D eigenvalue weighted by atomic mass is 32.2. The summed E-state index contributed by atoms with van der Waals surface area (Å²) in [6, 6.07) is 20.3. The summed E-state index contributed by atoms with van der Waals surface area (Å²) in [7, 11) is -2.93. The van der Waals surface area contributed by atoms with E-state index in [4.69, 9.17) is 0 Å². The minimum Gasteiger partial charge on any atom is -0.339 e. The molecule has 0 aromatic heterocycles. The quantitative estimate of drug-likeness (QED) is 0.926. The van der Waals surface area contributed by atoms with Crippen molar-refractivity contribution in [1.29, 1.82) is 0 Å². The highest BCUT2D eigenvalue weighted by Gasteiger charge is 2.40. The van der Waals surface area contributed by atoms with Gasteiger partial charge in [-0.2, -0.15) is 0 Å². The maximum absolute atomic E-state index is 12.0. The van der Waals surface area contributed by atoms with Gasteiger partial charge in [-0.15, -0.1) is 0 Å². The van der Waals surface area contributed by atoms with Gasteiger partial charge in [-0.3, -0.25) is 0 Å². The van der Waals surface area contributed by atoms with Gasteiger partial charge in [-0.1, -0.05) is 60.7 Å². The Bertz CT molecular complexity index is 683. The SMILES string of the molecule is O=S1(=O)C[C@H]([NH2+]Cc2ccccc2)[C@H](c2ccccc2)C1. The number of benzene rings is 2. The van der Waals surface area contributed by atoms with Crippen LogP contribution in [0.3, 0.4) is 0 Å². The fraction of sp³-hybridized carbons (Fsp3) is 0.294. The molecule has 2 atom stereocenters. The van der Waals surface area contributed by atoms with Crippen molar-refractivity contribution in [3.8, 4) is 0 Å². The molecule has 0 aliphatic carbocycles. The van der Waals surface area contributed by atoms with Gasteiger partial charge >= 0.3 is 0 Å². The molecule has 0 radical (unpaired) electrons. The van der Waals surface area contributed by atoms with Crippen LogP contribution in [0.5, 0.6) is 0 Å². The Labute approximate surface area is 125 Å². The Kier molecular flexibility index (Phi) is 4.08. The van der Waals surface area contributed by atoms with Crippen LogP contribution in [0.4, 0.5) is 0 Å². The predicted molar refractivity (Wildman–Crippen MR) is 83.7 cm³/mol. The molecule has 0 saturated carbocycles. The number of hydrogen-bond acceptors (Lipinski definition) is 2. The molecule has 4 heteroatoms. The zero-order chi connectivity index (χ0) is 14.7. The molecule has 2 N–H and O–H groups in total. The zero-order valence-electron chi connectivity index (χ0n) is 11.9. The van der Waals surface area contributed by atoms with Crippen LogP contribution < -0.4 is 5.32 Å². The molecule has 21 heavy (non-hydrogen) atoms. The standard InChI is InChI=1S/C17H19NO2S/c19-21(20)12-16(15-9-5-2-6-10-15)17(13-21)18-11-14-7-3-1-4-8-14/h1-10,16-18H,11-13H2/p+1/t16-,17-/m0/s1. The summed E-state index contributed by atoms with van der Waals surface area (Å²) >= 11 is 0. The highest BCUT2D eigenvalue weighted by Crippen LogP contribution is 2.27. The molecule has 3 nitrogen and oxygen atoms in total. The van der Waals surface area contributed by atoms with E-state index in [1.165, 1.54) is 5.56 Å². The van der Waals surface area contributed by atoms with E-state index >= 15 is 0 Å². The normalized spacial score (nSPS) is 24.0. The second-order valence-corrected chi connectivity index (χ2v) is 7.84. The van der Waals surface area contributed by atoms with Gasteiger partial charge in [0, 0.05) is 5.56 Å². The summed E-state index contributed by atoms with van der Waals surface area (Å²) in [6.45, 7) is 0.824. The molecule has 2 aromatic rings. The van der Waals surface area contributed by atoms with Crippen LogP contribution in [0.25, 0.3) is 0 Å². The average molecular weight is 302 g/mol. The molecular formula is C17H20NO2S+. The Hall–Kier alpha value is -1.65. The van der Waals surface area contributed by atoms with E-state index in [0.29, 0.717) is 0 Å². The first-order valence-electron chi connectivity index (χ1n) is 7.27. The Morgan fingerprint density at radius 2 is 1.52 bits per heavy atom. The van der Waals surface area contributed by atoms with Crippen LogP contribution in [-0.2, 0) is 16.4 Å². The lowest BCUT2D eigenvalue weighted by Gasteiger charge is -2.17. The topological polar surface area (TPSA) is 50.8 Å². The molecule has 110 valence electrons. The van der Waals surface area contributed by atoms with Gasteiger partial charge in [0.25, 0.3) is 0 Å². The first-order valence-corrected chi connectivity index (χ1v) is 9.09. The smallest absolute Gasteiger partial charge is 0.156 e. The number of hydrogen-bond donors (Lipinski definition) is 1. The van der Waals surface area contributed by atoms with Crippen LogP contribution in [0.15, 0.2) is 60.7 Å². The number of rotatable bonds is 4. The zero-order valence-corrected chi connectivity index (χ0v) is 12.7. The maximum Gasteiger partial charge on any atom is 0.156 e. The average Bonchev–Trinajstić information content (AvgIpc) is 2.82. The highest BCUT2D eigenvalue weighted by molar-refractivity contribution is 7.91. The van der Waals surface area contributed by atoms with Crippen LogP contribution in [-0.4, -0.2) is 26.0 Å². The summed E-state index contributed by atoms with van der Waals surface area (Å²) in [5, 5.41) is 2.18. The van der Waals surface area contributed by atoms with E-state index in [9.17, 15) is 8.42 Å². The van der Waals surface area contributed by atoms with Gasteiger partial charge in [0.2, 0.25) is 0 Å². The van der Waals surface area contributed by atoms with Gasteiger partial charge in [0.05, 0.1) is 11.7 Å². The van der Waals surface area contributed by atoms with Gasteiger partial charge in [-0.25, -0.2) is 8.42 Å². The molecule has 0 spiro atoms. The van der Waals surface area contributed by atoms with Gasteiger partial charge in [-0.05, 0) is 5.56 Å². The first kappa shape index (κ1) is 14.3. The largest absolute Gasteiger partial charge is 0.339 e. The van der Waals surface area contributed by atoms with E-state index < -0.39 is 9.84 Å². The molecule has 1 aliphatic rings. The Balaban J connectivity index is 1.76. The molecular weight excluding hydrogens is 282 g/mol. The maximum atomic E-state index is 12.0. The number of nitrogens with two attached hydrogens (primary N) is 1. The monoisotopic (exact) mass is 302 g/mol. The van der Waals surface area contributed by atoms with Crippen molar-refractivity contribution in [1.82, 2.24) is 0 Å². The Morgan fingerprint density at radius 1 is 0.905 bits per heavy atom. The van der Waals surface area contributed by atoms with E-state index in [1.807, 2.05) is 48.5 Å². The summed E-state index contributed by atoms with van der Waals surface area (Å²) in [5.74, 6) is 0.645. The van der Waals surface area contributed by atoms with Crippen LogP contribution in [0.1, 0.15) is 17.0 Å². The van der Waals surface area contributed by atoms with Gasteiger partial charge in [0.15, 0.2) is 9.84 Å². The third-order valence-electron chi connectivity index (χ3n) is 4.12. The molecule has 0 unspecified atom stereocenters. The fourth-order valence-corrected chi connectivity index (χ4v) is 5.13. The molecule has 1 heterocycles. The number of quaternary nitrogens is 1. The van der Waals surface area contributed by atoms with E-state index in [1.54, 1.807) is 0 Å². The minimum atomic E-state index is -2.93. The molecule has 1 fully saturated rings. The minimum absolute atomic E-state index is 0.0971. The van der Waals surface area contributed by atoms with Crippen molar-refractivity contribution in [2.75, 3.05) is 11.5 Å². The second-order valence-electron chi connectivity index (χ2n) is 5.68. The summed E-state index contributed by atoms with van der Waals surface area (Å²) in [6.07, 6.45) is 0. The summed E-state index contributed by atoms with van der Waals surface area (Å²) in [5.41, 5.74) is 2.36. The third kappa shape index (κ3) is 3.52. The van der Waals surface area contributed by atoms with Crippen LogP contribution in [0.2, 0.25) is 0 Å². The van der Waals surface area contributed by atoms with E-state index in [2.05, 4.69) is 17.4 Å². The lowest BCUT2D eigenvalue weighted by atomic mass is 9.94. The third-order valence-corrected chi connectivity index (χ3v) is 5.88. The van der Waals surface area contributed by atoms with Crippen molar-refractivity contribution in [3.05, 3.63) is 71.8 Å². The molecule has 1 saturated heterocycles. The van der Waals surface area contributed by atoms with Crippen molar-refractivity contribution >= 4 is 9.84 Å². The molecule has 2 aromatic carbocycles. The lowest BCUT2D eigenvalue weighted by Crippen LogP contribution is -2.90. The Morgan fingerprint density at radius 3 is 2.19 bits per heavy atom. The number of sulfone groups is 1.